The summed E-state index contributed by atoms with van der Waals surface area (Å²) in [6.45, 7) is 8.97. The van der Waals surface area contributed by atoms with E-state index in [1.54, 1.807) is 0 Å². The average Bonchev–Trinajstić information content (AvgIpc) is 2.17. The van der Waals surface area contributed by atoms with Crippen molar-refractivity contribution in [1.29, 1.82) is 0 Å². The van der Waals surface area contributed by atoms with Crippen molar-refractivity contribution < 1.29 is 0 Å². The van der Waals surface area contributed by atoms with E-state index in [9.17, 15) is 0 Å². The Morgan fingerprint density at radius 2 is 1.80 bits per heavy atom. The number of allylic oxidation sites excluding steroid dienone is 1. The predicted octanol–water partition coefficient (Wildman–Crippen LogP) is 3.71. The molecule has 0 radical (unpaired) electrons. The van der Waals surface area contributed by atoms with E-state index in [-0.39, 0.29) is 5.41 Å². The van der Waals surface area contributed by atoms with Crippen molar-refractivity contribution in [3.8, 4) is 0 Å². The molecule has 0 aromatic heterocycles. The summed E-state index contributed by atoms with van der Waals surface area (Å²) in [5.41, 5.74) is 2.92. The Kier molecular flexibility index (Phi) is 2.34. The van der Waals surface area contributed by atoms with Crippen LogP contribution in [0.2, 0.25) is 0 Å². The second-order valence-electron chi connectivity index (χ2n) is 5.06. The van der Waals surface area contributed by atoms with Crippen molar-refractivity contribution in [2.75, 3.05) is 4.90 Å². The standard InChI is InChI=1S/C14H19N/c1-11(2)15-10-9-14(3,4)12-7-5-6-8-13(12)15/h5-11H,1-4H3. The Labute approximate surface area is 92.4 Å². The number of rotatable bonds is 1. The van der Waals surface area contributed by atoms with E-state index in [1.807, 2.05) is 0 Å². The van der Waals surface area contributed by atoms with E-state index >= 15 is 0 Å². The largest absolute Gasteiger partial charge is 0.346 e. The van der Waals surface area contributed by atoms with Crippen LogP contribution < -0.4 is 4.90 Å². The molecule has 0 unspecified atom stereocenters. The summed E-state index contributed by atoms with van der Waals surface area (Å²) in [7, 11) is 0. The molecule has 1 aliphatic rings. The normalized spacial score (nSPS) is 18.1. The summed E-state index contributed by atoms with van der Waals surface area (Å²) < 4.78 is 0. The Morgan fingerprint density at radius 3 is 2.47 bits per heavy atom. The fourth-order valence-electron chi connectivity index (χ4n) is 2.13. The summed E-state index contributed by atoms with van der Waals surface area (Å²) >= 11 is 0. The van der Waals surface area contributed by atoms with Gasteiger partial charge >= 0.3 is 0 Å². The number of hydrogen-bond donors (Lipinski definition) is 0. The molecule has 0 atom stereocenters. The van der Waals surface area contributed by atoms with Crippen molar-refractivity contribution in [3.05, 3.63) is 42.1 Å². The molecule has 1 heterocycles. The van der Waals surface area contributed by atoms with E-state index in [0.29, 0.717) is 6.04 Å². The van der Waals surface area contributed by atoms with E-state index in [4.69, 9.17) is 0 Å². The summed E-state index contributed by atoms with van der Waals surface area (Å²) in [5, 5.41) is 0. The van der Waals surface area contributed by atoms with Crippen molar-refractivity contribution in [2.24, 2.45) is 0 Å². The van der Waals surface area contributed by atoms with Crippen LogP contribution in [0, 0.1) is 0 Å². The second-order valence-corrected chi connectivity index (χ2v) is 5.06. The molecule has 80 valence electrons. The fraction of sp³-hybridized carbons (Fsp3) is 0.429. The van der Waals surface area contributed by atoms with Crippen LogP contribution in [-0.2, 0) is 5.41 Å². The molecule has 15 heavy (non-hydrogen) atoms. The Bertz CT molecular complexity index is 388. The van der Waals surface area contributed by atoms with E-state index in [0.717, 1.165) is 0 Å². The predicted molar refractivity (Wildman–Crippen MR) is 66.2 cm³/mol. The van der Waals surface area contributed by atoms with Gasteiger partial charge in [0.25, 0.3) is 0 Å². The van der Waals surface area contributed by atoms with Gasteiger partial charge in [-0.3, -0.25) is 0 Å². The van der Waals surface area contributed by atoms with Crippen molar-refractivity contribution in [2.45, 2.75) is 39.2 Å². The maximum atomic E-state index is 2.33. The highest BCUT2D eigenvalue weighted by atomic mass is 15.1. The molecular formula is C14H19N. The van der Waals surface area contributed by atoms with Gasteiger partial charge in [0.05, 0.1) is 0 Å². The Balaban J connectivity index is 2.55. The molecule has 2 rings (SSSR count). The summed E-state index contributed by atoms with van der Waals surface area (Å²) in [4.78, 5) is 2.33. The highest BCUT2D eigenvalue weighted by Crippen LogP contribution is 2.37. The van der Waals surface area contributed by atoms with Gasteiger partial charge in [-0.2, -0.15) is 0 Å². The molecule has 0 N–H and O–H groups in total. The Hall–Kier alpha value is -1.24. The second kappa shape index (κ2) is 3.41. The van der Waals surface area contributed by atoms with Crippen LogP contribution in [0.4, 0.5) is 5.69 Å². The van der Waals surface area contributed by atoms with Crippen LogP contribution in [0.25, 0.3) is 0 Å². The fourth-order valence-corrected chi connectivity index (χ4v) is 2.13. The van der Waals surface area contributed by atoms with Gasteiger partial charge < -0.3 is 4.90 Å². The minimum atomic E-state index is 0.155. The van der Waals surface area contributed by atoms with Gasteiger partial charge in [0.15, 0.2) is 0 Å². The topological polar surface area (TPSA) is 3.24 Å². The molecule has 1 nitrogen and oxygen atoms in total. The molecule has 0 spiro atoms. The van der Waals surface area contributed by atoms with Crippen molar-refractivity contribution in [3.63, 3.8) is 0 Å². The summed E-state index contributed by atoms with van der Waals surface area (Å²) in [6.07, 6.45) is 4.50. The zero-order valence-corrected chi connectivity index (χ0v) is 9.99. The summed E-state index contributed by atoms with van der Waals surface area (Å²) in [6, 6.07) is 9.19. The van der Waals surface area contributed by atoms with E-state index in [2.05, 4.69) is 69.1 Å². The van der Waals surface area contributed by atoms with Crippen LogP contribution in [0.1, 0.15) is 33.3 Å². The minimum Gasteiger partial charge on any atom is -0.346 e. The molecular weight excluding hydrogens is 182 g/mol. The lowest BCUT2D eigenvalue weighted by molar-refractivity contribution is 0.636. The number of nitrogens with zero attached hydrogens (tertiary/aromatic N) is 1. The number of para-hydroxylation sites is 1. The van der Waals surface area contributed by atoms with Crippen LogP contribution in [0.15, 0.2) is 36.5 Å². The van der Waals surface area contributed by atoms with Crippen LogP contribution >= 0.6 is 0 Å². The third-order valence-corrected chi connectivity index (χ3v) is 3.08. The van der Waals surface area contributed by atoms with Crippen LogP contribution in [0.5, 0.6) is 0 Å². The van der Waals surface area contributed by atoms with Crippen LogP contribution in [-0.4, -0.2) is 6.04 Å². The first kappa shape index (κ1) is 10.3. The number of benzene rings is 1. The SMILES string of the molecule is CC(C)N1C=CC(C)(C)c2ccccc21. The van der Waals surface area contributed by atoms with Crippen LogP contribution in [0.3, 0.4) is 0 Å². The maximum Gasteiger partial charge on any atom is 0.0449 e. The summed E-state index contributed by atoms with van der Waals surface area (Å²) in [5.74, 6) is 0. The third kappa shape index (κ3) is 1.67. The van der Waals surface area contributed by atoms with Gasteiger partial charge in [-0.05, 0) is 25.5 Å². The van der Waals surface area contributed by atoms with Gasteiger partial charge in [0.1, 0.15) is 0 Å². The zero-order chi connectivity index (χ0) is 11.1. The van der Waals surface area contributed by atoms with E-state index in [1.165, 1.54) is 11.3 Å². The lowest BCUT2D eigenvalue weighted by Gasteiger charge is -2.37. The quantitative estimate of drug-likeness (QED) is 0.669. The molecule has 0 fully saturated rings. The lowest BCUT2D eigenvalue weighted by atomic mass is 9.81. The molecule has 1 heteroatoms. The molecule has 0 amide bonds. The molecule has 0 aliphatic carbocycles. The number of hydrogen-bond acceptors (Lipinski definition) is 1. The van der Waals surface area contributed by atoms with Gasteiger partial charge in [-0.1, -0.05) is 38.1 Å². The first-order valence-electron chi connectivity index (χ1n) is 5.59. The minimum absolute atomic E-state index is 0.155. The molecule has 0 saturated carbocycles. The van der Waals surface area contributed by atoms with Crippen molar-refractivity contribution in [1.82, 2.24) is 0 Å². The van der Waals surface area contributed by atoms with Gasteiger partial charge in [-0.15, -0.1) is 0 Å². The molecule has 1 aromatic carbocycles. The molecule has 1 aromatic rings. The molecule has 1 aliphatic heterocycles. The lowest BCUT2D eigenvalue weighted by Crippen LogP contribution is -2.32. The highest BCUT2D eigenvalue weighted by Gasteiger charge is 2.27. The number of fused-ring (bicyclic) bond motifs is 1. The first-order valence-corrected chi connectivity index (χ1v) is 5.59. The van der Waals surface area contributed by atoms with Crippen molar-refractivity contribution >= 4 is 5.69 Å². The monoisotopic (exact) mass is 201 g/mol. The van der Waals surface area contributed by atoms with Gasteiger partial charge in [-0.25, -0.2) is 0 Å². The smallest absolute Gasteiger partial charge is 0.0449 e. The molecule has 0 saturated heterocycles. The van der Waals surface area contributed by atoms with Gasteiger partial charge in [0.2, 0.25) is 0 Å². The number of anilines is 1. The molecule has 0 bridgehead atoms. The third-order valence-electron chi connectivity index (χ3n) is 3.08. The maximum absolute atomic E-state index is 2.33. The highest BCUT2D eigenvalue weighted by molar-refractivity contribution is 5.63. The Morgan fingerprint density at radius 1 is 1.13 bits per heavy atom. The van der Waals surface area contributed by atoms with E-state index < -0.39 is 0 Å². The zero-order valence-electron chi connectivity index (χ0n) is 9.99. The average molecular weight is 201 g/mol. The van der Waals surface area contributed by atoms with Gasteiger partial charge in [0, 0.05) is 23.3 Å². The first-order chi connectivity index (χ1) is 7.02.